The topological polar surface area (TPSA) is 57.5 Å². The number of benzene rings is 4. The first-order valence-electron chi connectivity index (χ1n) is 11.8. The Bertz CT molecular complexity index is 1950. The summed E-state index contributed by atoms with van der Waals surface area (Å²) in [6.07, 6.45) is 0. The van der Waals surface area contributed by atoms with E-state index in [9.17, 15) is 35.3 Å². The van der Waals surface area contributed by atoms with E-state index in [-0.39, 0.29) is 38.4 Å². The average molecular weight is 608 g/mol. The zero-order valence-corrected chi connectivity index (χ0v) is 22.2. The van der Waals surface area contributed by atoms with Crippen molar-refractivity contribution >= 4 is 22.0 Å². The summed E-state index contributed by atoms with van der Waals surface area (Å²) in [6.45, 7) is 1.64. The summed E-state index contributed by atoms with van der Waals surface area (Å²) in [7, 11) is 1.28. The third-order valence-corrected chi connectivity index (χ3v) is 7.21. The molecule has 13 heteroatoms. The number of pyridine rings is 1. The summed E-state index contributed by atoms with van der Waals surface area (Å²) in [5.41, 5.74) is 0.284. The van der Waals surface area contributed by atoms with Crippen LogP contribution in [-0.4, -0.2) is 15.9 Å². The molecule has 0 fully saturated rings. The van der Waals surface area contributed by atoms with Crippen molar-refractivity contribution in [2.45, 2.75) is 11.8 Å². The number of hydrogen-bond donors (Lipinski definition) is 0. The van der Waals surface area contributed by atoms with E-state index in [0.717, 1.165) is 28.8 Å². The average Bonchev–Trinajstić information content (AvgIpc) is 2.96. The Labute approximate surface area is 235 Å². The predicted molar refractivity (Wildman–Crippen MR) is 139 cm³/mol. The van der Waals surface area contributed by atoms with Crippen molar-refractivity contribution in [3.63, 3.8) is 0 Å². The van der Waals surface area contributed by atoms with E-state index < -0.39 is 63.1 Å². The number of methoxy groups -OCH3 is 1. The van der Waals surface area contributed by atoms with Crippen LogP contribution in [0.15, 0.2) is 70.4 Å². The molecule has 0 aliphatic heterocycles. The van der Waals surface area contributed by atoms with Gasteiger partial charge in [0.25, 0.3) is 5.56 Å². The van der Waals surface area contributed by atoms with E-state index in [1.165, 1.54) is 37.4 Å². The highest BCUT2D eigenvalue weighted by molar-refractivity contribution is 7.80. The Kier molecular flexibility index (Phi) is 7.54. The Morgan fingerprint density at radius 1 is 0.762 bits per heavy atom. The van der Waals surface area contributed by atoms with E-state index in [0.29, 0.717) is 5.56 Å². The van der Waals surface area contributed by atoms with Crippen LogP contribution in [0.3, 0.4) is 0 Å². The summed E-state index contributed by atoms with van der Waals surface area (Å²) < 4.78 is 122. The van der Waals surface area contributed by atoms with E-state index in [4.69, 9.17) is 4.74 Å². The van der Waals surface area contributed by atoms with Gasteiger partial charge in [-0.15, -0.1) is 0 Å². The predicted octanol–water partition coefficient (Wildman–Crippen LogP) is 7.05. The van der Waals surface area contributed by atoms with Gasteiger partial charge in [-0.3, -0.25) is 9.36 Å². The molecule has 1 atom stereocenters. The summed E-state index contributed by atoms with van der Waals surface area (Å²) >= 11 is -2.77. The van der Waals surface area contributed by atoms with Crippen LogP contribution in [0.4, 0.5) is 30.7 Å². The SMILES string of the molecule is COc1cc(-c2cc(C)cc(F)c2)c(F)cc1-n1c(=O)ccc2cc(S(=O)Oc3c(F)c(F)c(F)c(F)c3F)ccc21. The largest absolute Gasteiger partial charge is 0.495 e. The molecule has 0 aliphatic rings. The number of rotatable bonds is 6. The van der Waals surface area contributed by atoms with Crippen molar-refractivity contribution in [3.05, 3.63) is 117 Å². The van der Waals surface area contributed by atoms with E-state index in [1.54, 1.807) is 13.0 Å². The number of aryl methyl sites for hydroxylation is 1. The monoisotopic (exact) mass is 607 g/mol. The second-order valence-corrected chi connectivity index (χ2v) is 10.1. The fourth-order valence-electron chi connectivity index (χ4n) is 4.35. The second kappa shape index (κ2) is 11.0. The summed E-state index contributed by atoms with van der Waals surface area (Å²) in [6, 6.07) is 12.3. The first-order chi connectivity index (χ1) is 19.9. The van der Waals surface area contributed by atoms with Crippen LogP contribution in [0.5, 0.6) is 11.5 Å². The number of nitrogens with zero attached hydrogens (tertiary/aromatic N) is 1. The van der Waals surface area contributed by atoms with Crippen LogP contribution in [0.1, 0.15) is 5.56 Å². The third-order valence-electron chi connectivity index (χ3n) is 6.25. The maximum Gasteiger partial charge on any atom is 0.255 e. The van der Waals surface area contributed by atoms with Crippen molar-refractivity contribution in [1.82, 2.24) is 4.57 Å². The molecule has 5 aromatic rings. The molecule has 0 spiro atoms. The molecule has 4 aromatic carbocycles. The number of hydrogen-bond acceptors (Lipinski definition) is 4. The molecular formula is C29H16F7NO4S. The number of ether oxygens (including phenoxy) is 1. The highest BCUT2D eigenvalue weighted by Crippen LogP contribution is 2.35. The smallest absolute Gasteiger partial charge is 0.255 e. The standard InChI is InChI=1S/C29H16F7NO4S/c1-13-7-15(9-16(30)8-13)18-11-22(40-2)21(12-19(18)31)37-20-5-4-17(10-14(20)3-6-23(37)38)42(39)41-29-27(35)25(33)24(32)26(34)28(29)36/h3-12H,1-2H3. The summed E-state index contributed by atoms with van der Waals surface area (Å²) in [5.74, 6) is -14.6. The van der Waals surface area contributed by atoms with Gasteiger partial charge in [0.15, 0.2) is 0 Å². The highest BCUT2D eigenvalue weighted by Gasteiger charge is 2.29. The van der Waals surface area contributed by atoms with Gasteiger partial charge >= 0.3 is 0 Å². The maximum absolute atomic E-state index is 15.4. The van der Waals surface area contributed by atoms with Crippen molar-refractivity contribution in [2.24, 2.45) is 0 Å². The molecule has 1 heterocycles. The summed E-state index contributed by atoms with van der Waals surface area (Å²) in [5, 5.41) is 0.203. The first-order valence-corrected chi connectivity index (χ1v) is 12.9. The number of aromatic nitrogens is 1. The molecule has 1 aromatic heterocycles. The third kappa shape index (κ3) is 5.00. The van der Waals surface area contributed by atoms with Crippen LogP contribution in [0, 0.1) is 47.6 Å². The Hall–Kier alpha value is -4.65. The van der Waals surface area contributed by atoms with Crippen LogP contribution in [-0.2, 0) is 11.1 Å². The molecule has 0 bridgehead atoms. The molecular weight excluding hydrogens is 591 g/mol. The quantitative estimate of drug-likeness (QED) is 0.118. The normalized spacial score (nSPS) is 12.0. The van der Waals surface area contributed by atoms with Crippen molar-refractivity contribution in [1.29, 1.82) is 0 Å². The molecule has 42 heavy (non-hydrogen) atoms. The van der Waals surface area contributed by atoms with Gasteiger partial charge in [-0.05, 0) is 60.5 Å². The van der Waals surface area contributed by atoms with E-state index in [1.807, 2.05) is 0 Å². The summed E-state index contributed by atoms with van der Waals surface area (Å²) in [4.78, 5) is 12.7. The minimum atomic E-state index is -2.77. The molecule has 0 saturated heterocycles. The molecule has 5 rings (SSSR count). The molecule has 5 nitrogen and oxygen atoms in total. The minimum absolute atomic E-state index is 0.00875. The first kappa shape index (κ1) is 28.9. The Morgan fingerprint density at radius 2 is 1.43 bits per heavy atom. The number of halogens is 7. The lowest BCUT2D eigenvalue weighted by atomic mass is 10.0. The van der Waals surface area contributed by atoms with E-state index in [2.05, 4.69) is 4.18 Å². The zero-order valence-electron chi connectivity index (χ0n) is 21.4. The van der Waals surface area contributed by atoms with Crippen LogP contribution in [0.25, 0.3) is 27.7 Å². The van der Waals surface area contributed by atoms with Crippen LogP contribution in [0.2, 0.25) is 0 Å². The molecule has 0 N–H and O–H groups in total. The highest BCUT2D eigenvalue weighted by atomic mass is 32.2. The fourth-order valence-corrected chi connectivity index (χ4v) is 5.15. The molecule has 0 saturated carbocycles. The Balaban J connectivity index is 1.59. The lowest BCUT2D eigenvalue weighted by Crippen LogP contribution is -2.18. The molecule has 0 amide bonds. The van der Waals surface area contributed by atoms with Crippen LogP contribution < -0.4 is 14.5 Å². The van der Waals surface area contributed by atoms with Crippen molar-refractivity contribution in [2.75, 3.05) is 7.11 Å². The van der Waals surface area contributed by atoms with Gasteiger partial charge in [0, 0.05) is 23.1 Å². The van der Waals surface area contributed by atoms with Gasteiger partial charge in [-0.25, -0.2) is 26.2 Å². The fraction of sp³-hybridized carbons (Fsp3) is 0.0690. The maximum atomic E-state index is 15.4. The van der Waals surface area contributed by atoms with Gasteiger partial charge in [0.2, 0.25) is 45.9 Å². The lowest BCUT2D eigenvalue weighted by molar-refractivity contribution is 0.352. The minimum Gasteiger partial charge on any atom is -0.495 e. The van der Waals surface area contributed by atoms with Gasteiger partial charge in [-0.1, -0.05) is 6.07 Å². The lowest BCUT2D eigenvalue weighted by Gasteiger charge is -2.17. The van der Waals surface area contributed by atoms with Crippen molar-refractivity contribution < 1.29 is 43.9 Å². The zero-order chi connectivity index (χ0) is 30.5. The molecule has 0 radical (unpaired) electrons. The van der Waals surface area contributed by atoms with Gasteiger partial charge in [-0.2, -0.15) is 8.78 Å². The molecule has 216 valence electrons. The second-order valence-electron chi connectivity index (χ2n) is 8.97. The molecule has 1 unspecified atom stereocenters. The van der Waals surface area contributed by atoms with Gasteiger partial charge in [0.1, 0.15) is 17.4 Å². The molecule has 0 aliphatic carbocycles. The number of fused-ring (bicyclic) bond motifs is 1. The Morgan fingerprint density at radius 3 is 2.07 bits per heavy atom. The van der Waals surface area contributed by atoms with Crippen LogP contribution >= 0.6 is 0 Å². The van der Waals surface area contributed by atoms with Crippen molar-refractivity contribution in [3.8, 4) is 28.3 Å². The van der Waals surface area contributed by atoms with Gasteiger partial charge in [0.05, 0.1) is 23.2 Å². The van der Waals surface area contributed by atoms with E-state index >= 15 is 4.39 Å². The van der Waals surface area contributed by atoms with Gasteiger partial charge < -0.3 is 8.92 Å².